The van der Waals surface area contributed by atoms with Crippen LogP contribution in [0.15, 0.2) is 29.4 Å². The van der Waals surface area contributed by atoms with Crippen LogP contribution in [0, 0.1) is 6.92 Å². The number of rotatable bonds is 14. The van der Waals surface area contributed by atoms with Crippen molar-refractivity contribution in [2.24, 2.45) is 0 Å². The van der Waals surface area contributed by atoms with Crippen molar-refractivity contribution in [1.82, 2.24) is 20.1 Å². The summed E-state index contributed by atoms with van der Waals surface area (Å²) in [4.78, 5) is 51.3. The molecule has 3 aromatic rings. The van der Waals surface area contributed by atoms with Crippen molar-refractivity contribution in [2.45, 2.75) is 77.0 Å². The minimum Gasteiger partial charge on any atom is -0.497 e. The first-order chi connectivity index (χ1) is 21.7. The summed E-state index contributed by atoms with van der Waals surface area (Å²) in [6.07, 6.45) is 5.45. The van der Waals surface area contributed by atoms with E-state index in [4.69, 9.17) is 14.2 Å². The summed E-state index contributed by atoms with van der Waals surface area (Å²) in [5.74, 6) is -0.365. The molecule has 2 N–H and O–H groups in total. The first-order valence-electron chi connectivity index (χ1n) is 15.0. The van der Waals surface area contributed by atoms with E-state index in [9.17, 15) is 19.2 Å². The number of methoxy groups -OCH3 is 1. The van der Waals surface area contributed by atoms with Crippen molar-refractivity contribution >= 4 is 51.9 Å². The standard InChI is InChI=1S/C31H39N5O7S2/c1-5-42-29(39)26-19(3)27(30(40)43-6-2)45-28(26)33-25(38)18-44-31-35-34-23(36(31)21-10-8-7-9-11-21)17-32-24(37)16-20-12-14-22(41-4)15-13-20/h12-15,21H,5-11,16-18H2,1-4H3,(H,32,37)(H,33,38). The van der Waals surface area contributed by atoms with Crippen LogP contribution in [-0.2, 0) is 32.0 Å². The molecule has 45 heavy (non-hydrogen) atoms. The Morgan fingerprint density at radius 3 is 2.33 bits per heavy atom. The zero-order chi connectivity index (χ0) is 32.3. The Kier molecular flexibility index (Phi) is 12.4. The van der Waals surface area contributed by atoms with Gasteiger partial charge in [-0.1, -0.05) is 43.2 Å². The van der Waals surface area contributed by atoms with Crippen LogP contribution >= 0.6 is 23.1 Å². The molecule has 0 aliphatic heterocycles. The maximum Gasteiger partial charge on any atom is 0.348 e. The fraction of sp³-hybridized carbons (Fsp3) is 0.484. The maximum absolute atomic E-state index is 13.1. The number of anilines is 1. The van der Waals surface area contributed by atoms with Crippen molar-refractivity contribution in [3.05, 3.63) is 51.7 Å². The summed E-state index contributed by atoms with van der Waals surface area (Å²) in [5.41, 5.74) is 1.41. The number of hydrogen-bond acceptors (Lipinski definition) is 11. The number of aromatic nitrogens is 3. The summed E-state index contributed by atoms with van der Waals surface area (Å²) >= 11 is 2.21. The van der Waals surface area contributed by atoms with Gasteiger partial charge in [-0.3, -0.25) is 9.59 Å². The van der Waals surface area contributed by atoms with Gasteiger partial charge >= 0.3 is 11.9 Å². The predicted octanol–water partition coefficient (Wildman–Crippen LogP) is 5.10. The molecule has 1 aliphatic carbocycles. The highest BCUT2D eigenvalue weighted by molar-refractivity contribution is 7.99. The van der Waals surface area contributed by atoms with E-state index in [-0.39, 0.29) is 65.2 Å². The monoisotopic (exact) mass is 657 g/mol. The van der Waals surface area contributed by atoms with Crippen LogP contribution in [0.1, 0.15) is 89.0 Å². The molecule has 0 saturated heterocycles. The van der Waals surface area contributed by atoms with Gasteiger partial charge in [0, 0.05) is 6.04 Å². The Bertz CT molecular complexity index is 1500. The number of benzene rings is 1. The van der Waals surface area contributed by atoms with Gasteiger partial charge in [0.2, 0.25) is 11.8 Å². The van der Waals surface area contributed by atoms with Crippen LogP contribution < -0.4 is 15.4 Å². The van der Waals surface area contributed by atoms with Crippen molar-refractivity contribution in [1.29, 1.82) is 0 Å². The third-order valence-electron chi connectivity index (χ3n) is 7.31. The summed E-state index contributed by atoms with van der Waals surface area (Å²) < 4.78 is 17.5. The molecule has 1 aliphatic rings. The van der Waals surface area contributed by atoms with Crippen molar-refractivity contribution in [3.8, 4) is 5.75 Å². The number of nitrogens with zero attached hydrogens (tertiary/aromatic N) is 3. The molecule has 1 fully saturated rings. The van der Waals surface area contributed by atoms with Gasteiger partial charge in [-0.2, -0.15) is 0 Å². The number of thioether (sulfide) groups is 1. The average Bonchev–Trinajstić information content (AvgIpc) is 3.60. The Labute approximate surface area is 270 Å². The Morgan fingerprint density at radius 2 is 1.67 bits per heavy atom. The average molecular weight is 658 g/mol. The minimum absolute atomic E-state index is 0.0113. The van der Waals surface area contributed by atoms with Crippen molar-refractivity contribution in [3.63, 3.8) is 0 Å². The third-order valence-corrected chi connectivity index (χ3v) is 9.45. The van der Waals surface area contributed by atoms with Gasteiger partial charge in [-0.05, 0) is 56.9 Å². The largest absolute Gasteiger partial charge is 0.497 e. The smallest absolute Gasteiger partial charge is 0.348 e. The lowest BCUT2D eigenvalue weighted by Crippen LogP contribution is -2.27. The molecule has 0 spiro atoms. The van der Waals surface area contributed by atoms with Crippen LogP contribution in [0.5, 0.6) is 5.75 Å². The maximum atomic E-state index is 13.1. The minimum atomic E-state index is -0.625. The van der Waals surface area contributed by atoms with Gasteiger partial charge in [-0.15, -0.1) is 21.5 Å². The van der Waals surface area contributed by atoms with E-state index >= 15 is 0 Å². The van der Waals surface area contributed by atoms with Crippen LogP contribution in [0.4, 0.5) is 5.00 Å². The van der Waals surface area contributed by atoms with Gasteiger partial charge in [0.15, 0.2) is 11.0 Å². The second kappa shape index (κ2) is 16.4. The van der Waals surface area contributed by atoms with Gasteiger partial charge in [0.1, 0.15) is 15.6 Å². The van der Waals surface area contributed by atoms with E-state index < -0.39 is 11.9 Å². The number of carbonyl (C=O) groups is 4. The van der Waals surface area contributed by atoms with Crippen LogP contribution in [0.3, 0.4) is 0 Å². The van der Waals surface area contributed by atoms with Crippen molar-refractivity contribution < 1.29 is 33.4 Å². The quantitative estimate of drug-likeness (QED) is 0.177. The molecule has 2 heterocycles. The molecule has 242 valence electrons. The molecular weight excluding hydrogens is 619 g/mol. The number of carbonyl (C=O) groups excluding carboxylic acids is 4. The topological polar surface area (TPSA) is 151 Å². The lowest BCUT2D eigenvalue weighted by atomic mass is 9.95. The van der Waals surface area contributed by atoms with Crippen LogP contribution in [0.25, 0.3) is 0 Å². The molecule has 0 radical (unpaired) electrons. The highest BCUT2D eigenvalue weighted by Gasteiger charge is 2.28. The number of ether oxygens (including phenoxy) is 3. The highest BCUT2D eigenvalue weighted by Crippen LogP contribution is 2.35. The molecule has 0 unspecified atom stereocenters. The van der Waals surface area contributed by atoms with E-state index in [1.165, 1.54) is 11.8 Å². The Morgan fingerprint density at radius 1 is 0.978 bits per heavy atom. The zero-order valence-electron chi connectivity index (χ0n) is 26.0. The molecule has 1 saturated carbocycles. The van der Waals surface area contributed by atoms with Gasteiger partial charge in [0.25, 0.3) is 0 Å². The normalized spacial score (nSPS) is 13.2. The lowest BCUT2D eigenvalue weighted by Gasteiger charge is -2.25. The second-order valence-electron chi connectivity index (χ2n) is 10.4. The lowest BCUT2D eigenvalue weighted by molar-refractivity contribution is -0.120. The molecule has 0 atom stereocenters. The van der Waals surface area contributed by atoms with Crippen LogP contribution in [0.2, 0.25) is 0 Å². The van der Waals surface area contributed by atoms with E-state index in [1.54, 1.807) is 27.9 Å². The predicted molar refractivity (Wildman–Crippen MR) is 171 cm³/mol. The number of nitrogens with one attached hydrogen (secondary N) is 2. The summed E-state index contributed by atoms with van der Waals surface area (Å²) in [5, 5.41) is 15.3. The summed E-state index contributed by atoms with van der Waals surface area (Å²) in [7, 11) is 1.60. The second-order valence-corrected chi connectivity index (χ2v) is 12.4. The van der Waals surface area contributed by atoms with Crippen molar-refractivity contribution in [2.75, 3.05) is 31.4 Å². The summed E-state index contributed by atoms with van der Waals surface area (Å²) in [6, 6.07) is 7.51. The molecule has 2 amide bonds. The third kappa shape index (κ3) is 8.85. The first-order valence-corrected chi connectivity index (χ1v) is 16.8. The molecular formula is C31H39N5O7S2. The molecule has 12 nitrogen and oxygen atoms in total. The van der Waals surface area contributed by atoms with Crippen LogP contribution in [-0.4, -0.2) is 64.6 Å². The number of esters is 2. The molecule has 0 bridgehead atoms. The molecule has 14 heteroatoms. The number of hydrogen-bond donors (Lipinski definition) is 2. The summed E-state index contributed by atoms with van der Waals surface area (Å²) in [6.45, 7) is 5.54. The van der Waals surface area contributed by atoms with E-state index in [2.05, 4.69) is 20.8 Å². The van der Waals surface area contributed by atoms with E-state index in [0.29, 0.717) is 16.5 Å². The Hall–Kier alpha value is -3.91. The SMILES string of the molecule is CCOC(=O)c1sc(NC(=O)CSc2nnc(CNC(=O)Cc3ccc(OC)cc3)n2C2CCCCC2)c(C(=O)OCC)c1C. The number of thiophene rings is 1. The Balaban J connectivity index is 1.45. The van der Waals surface area contributed by atoms with Gasteiger partial charge in [0.05, 0.1) is 44.6 Å². The fourth-order valence-electron chi connectivity index (χ4n) is 5.14. The molecule has 4 rings (SSSR count). The van der Waals surface area contributed by atoms with E-state index in [1.807, 2.05) is 28.8 Å². The zero-order valence-corrected chi connectivity index (χ0v) is 27.6. The van der Waals surface area contributed by atoms with Gasteiger partial charge < -0.3 is 29.4 Å². The fourth-order valence-corrected chi connectivity index (χ4v) is 7.07. The van der Waals surface area contributed by atoms with E-state index in [0.717, 1.165) is 54.8 Å². The highest BCUT2D eigenvalue weighted by atomic mass is 32.2. The van der Waals surface area contributed by atoms with Gasteiger partial charge in [-0.25, -0.2) is 9.59 Å². The molecule has 1 aromatic carbocycles. The number of amides is 2. The molecule has 2 aromatic heterocycles. The first kappa shape index (κ1) is 34.0.